The zero-order valence-electron chi connectivity index (χ0n) is 5.50. The number of rotatable bonds is 1. The largest absolute Gasteiger partial charge is 0.291 e. The van der Waals surface area contributed by atoms with Gasteiger partial charge in [-0.2, -0.15) is 5.26 Å². The predicted octanol–water partition coefficient (Wildman–Crippen LogP) is 1.50. The van der Waals surface area contributed by atoms with Crippen molar-refractivity contribution < 1.29 is 9.60 Å². The highest BCUT2D eigenvalue weighted by Crippen LogP contribution is 2.14. The highest BCUT2D eigenvalue weighted by atomic mass is 19.1. The fourth-order valence-electron chi connectivity index (χ4n) is 0.681. The Morgan fingerprint density at radius 2 is 2.27 bits per heavy atom. The smallest absolute Gasteiger partial charge is 0.148 e. The van der Waals surface area contributed by atoms with E-state index in [9.17, 15) is 4.39 Å². The van der Waals surface area contributed by atoms with Crippen LogP contribution in [-0.4, -0.2) is 5.21 Å². The molecule has 0 amide bonds. The molecule has 0 heterocycles. The second-order valence-electron chi connectivity index (χ2n) is 1.92. The van der Waals surface area contributed by atoms with Crippen LogP contribution in [0.1, 0.15) is 5.56 Å². The van der Waals surface area contributed by atoms with Crippen molar-refractivity contribution in [1.82, 2.24) is 0 Å². The summed E-state index contributed by atoms with van der Waals surface area (Å²) in [7, 11) is 0. The van der Waals surface area contributed by atoms with Crippen LogP contribution in [0.4, 0.5) is 10.1 Å². The minimum absolute atomic E-state index is 0.0935. The number of anilines is 1. The number of nitriles is 1. The molecule has 1 aromatic carbocycles. The maximum Gasteiger partial charge on any atom is 0.148 e. The summed E-state index contributed by atoms with van der Waals surface area (Å²) in [5.74, 6) is -0.591. The van der Waals surface area contributed by atoms with Crippen LogP contribution in [0.3, 0.4) is 0 Å². The fourth-order valence-corrected chi connectivity index (χ4v) is 0.681. The van der Waals surface area contributed by atoms with Crippen LogP contribution in [0.25, 0.3) is 0 Å². The Morgan fingerprint density at radius 1 is 1.55 bits per heavy atom. The van der Waals surface area contributed by atoms with Crippen LogP contribution in [0.5, 0.6) is 0 Å². The van der Waals surface area contributed by atoms with Gasteiger partial charge in [0.25, 0.3) is 0 Å². The number of benzene rings is 1. The number of nitrogens with zero attached hydrogens (tertiary/aromatic N) is 1. The molecule has 0 aliphatic rings. The molecule has 0 radical (unpaired) electrons. The van der Waals surface area contributed by atoms with Gasteiger partial charge in [0, 0.05) is 0 Å². The van der Waals surface area contributed by atoms with Crippen molar-refractivity contribution in [2.45, 2.75) is 0 Å². The van der Waals surface area contributed by atoms with Gasteiger partial charge in [-0.15, -0.1) is 0 Å². The molecule has 0 fully saturated rings. The molecule has 1 rings (SSSR count). The summed E-state index contributed by atoms with van der Waals surface area (Å²) in [6.45, 7) is 0. The molecule has 1 aromatic rings. The van der Waals surface area contributed by atoms with Crippen molar-refractivity contribution in [3.8, 4) is 6.07 Å². The van der Waals surface area contributed by atoms with E-state index in [2.05, 4.69) is 0 Å². The van der Waals surface area contributed by atoms with E-state index in [0.717, 1.165) is 6.07 Å². The molecule has 0 bridgehead atoms. The third-order valence-corrected chi connectivity index (χ3v) is 1.22. The van der Waals surface area contributed by atoms with Gasteiger partial charge in [0.2, 0.25) is 0 Å². The van der Waals surface area contributed by atoms with E-state index in [-0.39, 0.29) is 5.69 Å². The molecule has 0 aliphatic carbocycles. The lowest BCUT2D eigenvalue weighted by atomic mass is 10.2. The SMILES string of the molecule is N#Cc1ccc(F)c(NO)c1. The highest BCUT2D eigenvalue weighted by molar-refractivity contribution is 5.48. The van der Waals surface area contributed by atoms with Gasteiger partial charge in [-0.25, -0.2) is 4.39 Å². The van der Waals surface area contributed by atoms with Crippen LogP contribution in [0.15, 0.2) is 18.2 Å². The molecule has 0 aliphatic heterocycles. The first-order valence-electron chi connectivity index (χ1n) is 2.87. The fraction of sp³-hybridized carbons (Fsp3) is 0. The van der Waals surface area contributed by atoms with Crippen LogP contribution in [0, 0.1) is 17.1 Å². The average Bonchev–Trinajstić information content (AvgIpc) is 2.05. The van der Waals surface area contributed by atoms with E-state index in [1.165, 1.54) is 12.1 Å². The molecular weight excluding hydrogens is 147 g/mol. The molecule has 0 unspecified atom stereocenters. The Labute approximate surface area is 62.7 Å². The minimum Gasteiger partial charge on any atom is -0.291 e. The second-order valence-corrected chi connectivity index (χ2v) is 1.92. The van der Waals surface area contributed by atoms with Crippen molar-refractivity contribution in [1.29, 1.82) is 5.26 Å². The first kappa shape index (κ1) is 7.51. The van der Waals surface area contributed by atoms with Gasteiger partial charge < -0.3 is 0 Å². The third kappa shape index (κ3) is 1.45. The maximum atomic E-state index is 12.6. The Kier molecular flexibility index (Phi) is 2.04. The summed E-state index contributed by atoms with van der Waals surface area (Å²) in [6.07, 6.45) is 0. The summed E-state index contributed by atoms with van der Waals surface area (Å²) in [5.41, 5.74) is 1.84. The Hall–Kier alpha value is -1.60. The van der Waals surface area contributed by atoms with Crippen molar-refractivity contribution in [3.63, 3.8) is 0 Å². The van der Waals surface area contributed by atoms with Gasteiger partial charge in [0.05, 0.1) is 17.3 Å². The summed E-state index contributed by atoms with van der Waals surface area (Å²) in [5, 5.41) is 16.7. The van der Waals surface area contributed by atoms with Gasteiger partial charge >= 0.3 is 0 Å². The lowest BCUT2D eigenvalue weighted by Gasteiger charge is -1.99. The van der Waals surface area contributed by atoms with Crippen molar-refractivity contribution >= 4 is 5.69 Å². The van der Waals surface area contributed by atoms with E-state index >= 15 is 0 Å². The van der Waals surface area contributed by atoms with E-state index in [1.807, 2.05) is 6.07 Å². The lowest BCUT2D eigenvalue weighted by molar-refractivity contribution is 0.384. The third-order valence-electron chi connectivity index (χ3n) is 1.22. The Bertz CT molecular complexity index is 306. The number of hydrogen-bond donors (Lipinski definition) is 2. The molecule has 0 saturated carbocycles. The van der Waals surface area contributed by atoms with Crippen LogP contribution < -0.4 is 5.48 Å². The number of nitrogens with one attached hydrogen (secondary N) is 1. The Morgan fingerprint density at radius 3 is 2.82 bits per heavy atom. The second kappa shape index (κ2) is 2.99. The van der Waals surface area contributed by atoms with E-state index in [1.54, 1.807) is 5.48 Å². The maximum absolute atomic E-state index is 12.6. The average molecular weight is 152 g/mol. The monoisotopic (exact) mass is 152 g/mol. The summed E-state index contributed by atoms with van der Waals surface area (Å²) < 4.78 is 12.6. The van der Waals surface area contributed by atoms with Crippen LogP contribution >= 0.6 is 0 Å². The van der Waals surface area contributed by atoms with Crippen molar-refractivity contribution in [3.05, 3.63) is 29.6 Å². The molecule has 2 N–H and O–H groups in total. The zero-order valence-corrected chi connectivity index (χ0v) is 5.50. The molecule has 11 heavy (non-hydrogen) atoms. The lowest BCUT2D eigenvalue weighted by Crippen LogP contribution is -1.93. The van der Waals surface area contributed by atoms with Gasteiger partial charge in [0.15, 0.2) is 0 Å². The van der Waals surface area contributed by atoms with Crippen LogP contribution in [-0.2, 0) is 0 Å². The summed E-state index contributed by atoms with van der Waals surface area (Å²) >= 11 is 0. The van der Waals surface area contributed by atoms with Gasteiger partial charge in [0.1, 0.15) is 5.82 Å². The summed E-state index contributed by atoms with van der Waals surface area (Å²) in [6, 6.07) is 5.47. The Balaban J connectivity index is 3.15. The van der Waals surface area contributed by atoms with Gasteiger partial charge in [-0.05, 0) is 18.2 Å². The molecule has 56 valence electrons. The molecule has 0 saturated heterocycles. The van der Waals surface area contributed by atoms with E-state index in [4.69, 9.17) is 10.5 Å². The highest BCUT2D eigenvalue weighted by Gasteiger charge is 2.00. The molecule has 0 aromatic heterocycles. The predicted molar refractivity (Wildman–Crippen MR) is 36.5 cm³/mol. The first-order chi connectivity index (χ1) is 5.27. The first-order valence-corrected chi connectivity index (χ1v) is 2.87. The molecule has 3 nitrogen and oxygen atoms in total. The molecule has 0 atom stereocenters. The normalized spacial score (nSPS) is 8.82. The van der Waals surface area contributed by atoms with E-state index in [0.29, 0.717) is 5.56 Å². The van der Waals surface area contributed by atoms with Gasteiger partial charge in [-0.1, -0.05) is 0 Å². The molecule has 4 heteroatoms. The van der Waals surface area contributed by atoms with Crippen LogP contribution in [0.2, 0.25) is 0 Å². The van der Waals surface area contributed by atoms with E-state index < -0.39 is 5.82 Å². The molecular formula is C7H5FN2O. The summed E-state index contributed by atoms with van der Waals surface area (Å²) in [4.78, 5) is 0. The molecule has 0 spiro atoms. The minimum atomic E-state index is -0.591. The van der Waals surface area contributed by atoms with Crippen molar-refractivity contribution in [2.75, 3.05) is 5.48 Å². The topological polar surface area (TPSA) is 56.0 Å². The van der Waals surface area contributed by atoms with Crippen molar-refractivity contribution in [2.24, 2.45) is 0 Å². The number of hydrogen-bond acceptors (Lipinski definition) is 3. The zero-order chi connectivity index (χ0) is 8.27. The standard InChI is InChI=1S/C7H5FN2O/c8-6-2-1-5(4-9)3-7(6)10-11/h1-3,10-11H. The quantitative estimate of drug-likeness (QED) is 0.599. The van der Waals surface area contributed by atoms with Gasteiger partial charge in [-0.3, -0.25) is 10.7 Å². The number of halogens is 1.